The lowest BCUT2D eigenvalue weighted by Gasteiger charge is -2.36. The molecule has 2 heterocycles. The fourth-order valence-electron chi connectivity index (χ4n) is 3.33. The Morgan fingerprint density at radius 2 is 1.85 bits per heavy atom. The second-order valence-electron chi connectivity index (χ2n) is 7.06. The van der Waals surface area contributed by atoms with E-state index < -0.39 is 0 Å². The lowest BCUT2D eigenvalue weighted by atomic mass is 10.1. The molecular formula is C21H29N5O. The van der Waals surface area contributed by atoms with Gasteiger partial charge in [0.1, 0.15) is 5.82 Å². The molecule has 6 heteroatoms. The molecule has 1 aliphatic rings. The van der Waals surface area contributed by atoms with Crippen LogP contribution < -0.4 is 9.80 Å². The summed E-state index contributed by atoms with van der Waals surface area (Å²) in [5.41, 5.74) is 2.45. The number of aromatic nitrogens is 2. The average molecular weight is 367 g/mol. The molecule has 1 fully saturated rings. The number of carbonyl (C=O) groups excluding carboxylic acids is 1. The quantitative estimate of drug-likeness (QED) is 0.753. The zero-order valence-corrected chi connectivity index (χ0v) is 16.3. The number of hydrogen-bond acceptors (Lipinski definition) is 5. The average Bonchev–Trinajstić information content (AvgIpc) is 2.73. The maximum Gasteiger partial charge on any atom is 0.242 e. The minimum Gasteiger partial charge on any atom is -0.365 e. The molecule has 0 radical (unpaired) electrons. The summed E-state index contributed by atoms with van der Waals surface area (Å²) in [7, 11) is 1.98. The molecular weight excluding hydrogens is 338 g/mol. The molecule has 0 aliphatic carbocycles. The molecule has 1 saturated heterocycles. The lowest BCUT2D eigenvalue weighted by Crippen LogP contribution is -2.51. The number of carbonyl (C=O) groups is 1. The highest BCUT2D eigenvalue weighted by atomic mass is 16.2. The Bertz CT molecular complexity index is 711. The van der Waals surface area contributed by atoms with Crippen molar-refractivity contribution in [3.8, 4) is 0 Å². The molecule has 0 bridgehead atoms. The van der Waals surface area contributed by atoms with Gasteiger partial charge in [-0.2, -0.15) is 0 Å². The van der Waals surface area contributed by atoms with E-state index >= 15 is 0 Å². The van der Waals surface area contributed by atoms with Crippen molar-refractivity contribution in [2.45, 2.75) is 26.2 Å². The SMILES string of the molecule is CCCCc1ccc(N(C)CC(=O)N2CCN(c3cnccn3)CC2)cc1. The molecule has 1 aliphatic heterocycles. The number of rotatable bonds is 7. The lowest BCUT2D eigenvalue weighted by molar-refractivity contribution is -0.129. The number of anilines is 2. The molecule has 0 spiro atoms. The Balaban J connectivity index is 1.49. The summed E-state index contributed by atoms with van der Waals surface area (Å²) >= 11 is 0. The monoisotopic (exact) mass is 367 g/mol. The van der Waals surface area contributed by atoms with E-state index in [1.807, 2.05) is 16.8 Å². The Morgan fingerprint density at radius 3 is 2.48 bits per heavy atom. The third-order valence-electron chi connectivity index (χ3n) is 5.07. The third kappa shape index (κ3) is 5.18. The predicted molar refractivity (Wildman–Crippen MR) is 109 cm³/mol. The van der Waals surface area contributed by atoms with Crippen molar-refractivity contribution in [1.29, 1.82) is 0 Å². The third-order valence-corrected chi connectivity index (χ3v) is 5.07. The van der Waals surface area contributed by atoms with Gasteiger partial charge in [-0.1, -0.05) is 25.5 Å². The Labute approximate surface area is 161 Å². The second-order valence-corrected chi connectivity index (χ2v) is 7.06. The highest BCUT2D eigenvalue weighted by molar-refractivity contribution is 5.81. The summed E-state index contributed by atoms with van der Waals surface area (Å²) in [6, 6.07) is 8.58. The van der Waals surface area contributed by atoms with Crippen molar-refractivity contribution in [3.63, 3.8) is 0 Å². The van der Waals surface area contributed by atoms with E-state index in [1.54, 1.807) is 18.6 Å². The smallest absolute Gasteiger partial charge is 0.242 e. The highest BCUT2D eigenvalue weighted by Gasteiger charge is 2.22. The van der Waals surface area contributed by atoms with Crippen LogP contribution in [0.2, 0.25) is 0 Å². The maximum atomic E-state index is 12.7. The van der Waals surface area contributed by atoms with Gasteiger partial charge in [0.2, 0.25) is 5.91 Å². The van der Waals surface area contributed by atoms with Gasteiger partial charge in [-0.3, -0.25) is 9.78 Å². The number of benzene rings is 1. The highest BCUT2D eigenvalue weighted by Crippen LogP contribution is 2.16. The Morgan fingerprint density at radius 1 is 1.11 bits per heavy atom. The van der Waals surface area contributed by atoms with E-state index in [-0.39, 0.29) is 5.91 Å². The van der Waals surface area contributed by atoms with Crippen molar-refractivity contribution in [1.82, 2.24) is 14.9 Å². The maximum absolute atomic E-state index is 12.7. The van der Waals surface area contributed by atoms with Crippen LogP contribution in [0.4, 0.5) is 11.5 Å². The first-order valence-electron chi connectivity index (χ1n) is 9.76. The van der Waals surface area contributed by atoms with Crippen LogP contribution in [-0.2, 0) is 11.2 Å². The van der Waals surface area contributed by atoms with Gasteiger partial charge in [-0.05, 0) is 30.5 Å². The van der Waals surface area contributed by atoms with Crippen LogP contribution in [0.25, 0.3) is 0 Å². The molecule has 1 aromatic carbocycles. The number of piperazine rings is 1. The van der Waals surface area contributed by atoms with E-state index in [0.29, 0.717) is 6.54 Å². The van der Waals surface area contributed by atoms with Crippen LogP contribution in [0.15, 0.2) is 42.9 Å². The first-order valence-corrected chi connectivity index (χ1v) is 9.76. The van der Waals surface area contributed by atoms with Gasteiger partial charge < -0.3 is 14.7 Å². The van der Waals surface area contributed by atoms with Gasteiger partial charge in [0.25, 0.3) is 0 Å². The Kier molecular flexibility index (Phi) is 6.63. The second kappa shape index (κ2) is 9.35. The van der Waals surface area contributed by atoms with Crippen molar-refractivity contribution in [2.75, 3.05) is 49.6 Å². The standard InChI is InChI=1S/C21H29N5O/c1-3-4-5-18-6-8-19(9-7-18)24(2)17-21(27)26-14-12-25(13-15-26)20-16-22-10-11-23-20/h6-11,16H,3-5,12-15,17H2,1-2H3. The van der Waals surface area contributed by atoms with Crippen molar-refractivity contribution in [2.24, 2.45) is 0 Å². The minimum absolute atomic E-state index is 0.173. The van der Waals surface area contributed by atoms with Crippen molar-refractivity contribution < 1.29 is 4.79 Å². The van der Waals surface area contributed by atoms with Gasteiger partial charge >= 0.3 is 0 Å². The van der Waals surface area contributed by atoms with E-state index in [0.717, 1.165) is 44.1 Å². The van der Waals surface area contributed by atoms with E-state index in [2.05, 4.69) is 46.1 Å². The van der Waals surface area contributed by atoms with Crippen LogP contribution in [0.1, 0.15) is 25.3 Å². The topological polar surface area (TPSA) is 52.6 Å². The normalized spacial score (nSPS) is 14.3. The predicted octanol–water partition coefficient (Wildman–Crippen LogP) is 2.60. The largest absolute Gasteiger partial charge is 0.365 e. The first-order chi connectivity index (χ1) is 13.2. The van der Waals surface area contributed by atoms with Crippen LogP contribution >= 0.6 is 0 Å². The molecule has 27 heavy (non-hydrogen) atoms. The summed E-state index contributed by atoms with van der Waals surface area (Å²) in [6.07, 6.45) is 8.70. The van der Waals surface area contributed by atoms with Crippen LogP contribution in [-0.4, -0.2) is 60.5 Å². The molecule has 144 valence electrons. The van der Waals surface area contributed by atoms with Gasteiger partial charge in [-0.25, -0.2) is 4.98 Å². The summed E-state index contributed by atoms with van der Waals surface area (Å²) in [4.78, 5) is 27.3. The molecule has 0 N–H and O–H groups in total. The van der Waals surface area contributed by atoms with E-state index in [4.69, 9.17) is 0 Å². The summed E-state index contributed by atoms with van der Waals surface area (Å²) in [5.74, 6) is 1.05. The minimum atomic E-state index is 0.173. The number of hydrogen-bond donors (Lipinski definition) is 0. The van der Waals surface area contributed by atoms with E-state index in [9.17, 15) is 4.79 Å². The fourth-order valence-corrected chi connectivity index (χ4v) is 3.33. The molecule has 1 aromatic heterocycles. The molecule has 0 unspecified atom stereocenters. The number of amides is 1. The van der Waals surface area contributed by atoms with Crippen LogP contribution in [0.5, 0.6) is 0 Å². The van der Waals surface area contributed by atoms with Gasteiger partial charge in [0, 0.05) is 51.3 Å². The zero-order chi connectivity index (χ0) is 19.1. The van der Waals surface area contributed by atoms with Gasteiger partial charge in [-0.15, -0.1) is 0 Å². The summed E-state index contributed by atoms with van der Waals surface area (Å²) in [6.45, 7) is 5.64. The number of nitrogens with zero attached hydrogens (tertiary/aromatic N) is 5. The molecule has 2 aromatic rings. The molecule has 0 atom stereocenters. The first kappa shape index (κ1) is 19.1. The van der Waals surface area contributed by atoms with Crippen molar-refractivity contribution in [3.05, 3.63) is 48.4 Å². The summed E-state index contributed by atoms with van der Waals surface area (Å²) in [5, 5.41) is 0. The molecule has 0 saturated carbocycles. The number of likely N-dealkylation sites (N-methyl/N-ethyl adjacent to an activating group) is 1. The van der Waals surface area contributed by atoms with Gasteiger partial charge in [0.05, 0.1) is 12.7 Å². The Hall–Kier alpha value is -2.63. The molecule has 3 rings (SSSR count). The number of aryl methyl sites for hydroxylation is 1. The van der Waals surface area contributed by atoms with Crippen LogP contribution in [0, 0.1) is 0 Å². The van der Waals surface area contributed by atoms with E-state index in [1.165, 1.54) is 18.4 Å². The van der Waals surface area contributed by atoms with Gasteiger partial charge in [0.15, 0.2) is 0 Å². The number of unbranched alkanes of at least 4 members (excludes halogenated alkanes) is 1. The van der Waals surface area contributed by atoms with Crippen LogP contribution in [0.3, 0.4) is 0 Å². The molecule has 6 nitrogen and oxygen atoms in total. The molecule has 1 amide bonds. The fraction of sp³-hybridized carbons (Fsp3) is 0.476. The zero-order valence-electron chi connectivity index (χ0n) is 16.3. The van der Waals surface area contributed by atoms with Crippen molar-refractivity contribution >= 4 is 17.4 Å². The summed E-state index contributed by atoms with van der Waals surface area (Å²) < 4.78 is 0.